The summed E-state index contributed by atoms with van der Waals surface area (Å²) in [6.07, 6.45) is 0. The summed E-state index contributed by atoms with van der Waals surface area (Å²) in [4.78, 5) is 0. The summed E-state index contributed by atoms with van der Waals surface area (Å²) in [5.74, 6) is -1.19. The fraction of sp³-hybridized carbons (Fsp3) is 0.250. The fourth-order valence-electron chi connectivity index (χ4n) is 0.840. The Balaban J connectivity index is 2.88. The van der Waals surface area contributed by atoms with Gasteiger partial charge in [0.05, 0.1) is 10.2 Å². The van der Waals surface area contributed by atoms with Gasteiger partial charge in [0.2, 0.25) is 0 Å². The molecule has 1 aromatic carbocycles. The molecule has 0 bridgehead atoms. The van der Waals surface area contributed by atoms with E-state index in [1.807, 2.05) is 0 Å². The highest BCUT2D eigenvalue weighted by atomic mass is 79.9. The van der Waals surface area contributed by atoms with Crippen LogP contribution in [0.15, 0.2) is 16.6 Å². The van der Waals surface area contributed by atoms with Crippen LogP contribution in [0.4, 0.5) is 18.9 Å². The average molecular weight is 254 g/mol. The third-order valence-corrected chi connectivity index (χ3v) is 2.03. The monoisotopic (exact) mass is 253 g/mol. The van der Waals surface area contributed by atoms with Crippen molar-refractivity contribution in [1.29, 1.82) is 0 Å². The molecule has 0 saturated carbocycles. The Labute approximate surface area is 82.1 Å². The Kier molecular flexibility index (Phi) is 3.59. The molecule has 0 heterocycles. The summed E-state index contributed by atoms with van der Waals surface area (Å²) in [6, 6.07) is 1.98. The predicted molar refractivity (Wildman–Crippen MR) is 48.5 cm³/mol. The molecule has 0 spiro atoms. The molecule has 1 aromatic rings. The molecule has 72 valence electrons. The van der Waals surface area contributed by atoms with Crippen molar-refractivity contribution in [3.63, 3.8) is 0 Å². The first-order valence-corrected chi connectivity index (χ1v) is 4.39. The molecule has 0 aliphatic carbocycles. The van der Waals surface area contributed by atoms with E-state index >= 15 is 0 Å². The van der Waals surface area contributed by atoms with E-state index < -0.39 is 18.3 Å². The maximum atomic E-state index is 13.0. The summed E-state index contributed by atoms with van der Waals surface area (Å²) in [5, 5.41) is 2.42. The quantitative estimate of drug-likeness (QED) is 0.817. The topological polar surface area (TPSA) is 12.0 Å². The maximum Gasteiger partial charge on any atom is 0.147 e. The van der Waals surface area contributed by atoms with E-state index in [1.54, 1.807) is 0 Å². The molecule has 1 nitrogen and oxygen atoms in total. The van der Waals surface area contributed by atoms with Gasteiger partial charge in [-0.05, 0) is 22.0 Å². The van der Waals surface area contributed by atoms with Gasteiger partial charge in [-0.1, -0.05) is 0 Å². The van der Waals surface area contributed by atoms with E-state index in [4.69, 9.17) is 0 Å². The lowest BCUT2D eigenvalue weighted by molar-refractivity contribution is 0.511. The summed E-state index contributed by atoms with van der Waals surface area (Å²) in [5.41, 5.74) is -0.0293. The largest absolute Gasteiger partial charge is 0.380 e. The molecule has 1 rings (SSSR count). The smallest absolute Gasteiger partial charge is 0.147 e. The predicted octanol–water partition coefficient (Wildman–Crippen LogP) is 3.11. The Morgan fingerprint density at radius 1 is 1.23 bits per heavy atom. The average Bonchev–Trinajstić information content (AvgIpc) is 2.09. The lowest BCUT2D eigenvalue weighted by atomic mass is 10.3. The number of hydrogen-bond donors (Lipinski definition) is 1. The molecule has 0 aromatic heterocycles. The highest BCUT2D eigenvalue weighted by Crippen LogP contribution is 2.22. The summed E-state index contributed by atoms with van der Waals surface area (Å²) >= 11 is 2.83. The van der Waals surface area contributed by atoms with Crippen molar-refractivity contribution >= 4 is 21.6 Å². The van der Waals surface area contributed by atoms with Crippen LogP contribution < -0.4 is 5.32 Å². The number of rotatable bonds is 3. The van der Waals surface area contributed by atoms with E-state index in [1.165, 1.54) is 0 Å². The van der Waals surface area contributed by atoms with E-state index in [0.29, 0.717) is 0 Å². The number of benzene rings is 1. The fourth-order valence-corrected chi connectivity index (χ4v) is 1.16. The lowest BCUT2D eigenvalue weighted by Crippen LogP contribution is -2.05. The van der Waals surface area contributed by atoms with Crippen LogP contribution in [0, 0.1) is 11.6 Å². The van der Waals surface area contributed by atoms with Gasteiger partial charge >= 0.3 is 0 Å². The van der Waals surface area contributed by atoms with Crippen LogP contribution in [0.5, 0.6) is 0 Å². The minimum Gasteiger partial charge on any atom is -0.380 e. The molecule has 0 aliphatic rings. The third-order valence-electron chi connectivity index (χ3n) is 1.42. The molecule has 0 aliphatic heterocycles. The molecule has 13 heavy (non-hydrogen) atoms. The summed E-state index contributed by atoms with van der Waals surface area (Å²) in [7, 11) is 0. The van der Waals surface area contributed by atoms with Crippen LogP contribution in [0.25, 0.3) is 0 Å². The number of alkyl halides is 1. The van der Waals surface area contributed by atoms with Gasteiger partial charge in [0, 0.05) is 12.6 Å². The first kappa shape index (κ1) is 10.4. The molecule has 0 saturated heterocycles. The number of nitrogens with one attached hydrogen (secondary N) is 1. The molecule has 0 atom stereocenters. The zero-order valence-corrected chi connectivity index (χ0v) is 8.17. The van der Waals surface area contributed by atoms with Gasteiger partial charge in [0.1, 0.15) is 18.3 Å². The Morgan fingerprint density at radius 2 is 1.92 bits per heavy atom. The first-order chi connectivity index (χ1) is 6.15. The van der Waals surface area contributed by atoms with Gasteiger partial charge in [-0.2, -0.15) is 0 Å². The van der Waals surface area contributed by atoms with Crippen molar-refractivity contribution in [3.8, 4) is 0 Å². The lowest BCUT2D eigenvalue weighted by Gasteiger charge is -2.05. The summed E-state index contributed by atoms with van der Waals surface area (Å²) in [6.45, 7) is -0.658. The van der Waals surface area contributed by atoms with Crippen LogP contribution in [0.1, 0.15) is 0 Å². The van der Waals surface area contributed by atoms with E-state index in [0.717, 1.165) is 12.1 Å². The van der Waals surface area contributed by atoms with Gasteiger partial charge in [0.15, 0.2) is 0 Å². The van der Waals surface area contributed by atoms with Gasteiger partial charge < -0.3 is 5.32 Å². The van der Waals surface area contributed by atoms with E-state index in [2.05, 4.69) is 21.2 Å². The Hall–Kier alpha value is -0.710. The number of hydrogen-bond acceptors (Lipinski definition) is 1. The summed E-state index contributed by atoms with van der Waals surface area (Å²) < 4.78 is 37.6. The third kappa shape index (κ3) is 2.62. The Bertz CT molecular complexity index is 304. The van der Waals surface area contributed by atoms with Crippen molar-refractivity contribution in [3.05, 3.63) is 28.2 Å². The van der Waals surface area contributed by atoms with Crippen molar-refractivity contribution in [2.24, 2.45) is 0 Å². The van der Waals surface area contributed by atoms with Crippen LogP contribution in [-0.2, 0) is 0 Å². The molecule has 0 unspecified atom stereocenters. The molecule has 0 radical (unpaired) electrons. The standard InChI is InChI=1S/C8H7BrF3N/c9-5-3-7(12)8(4-6(5)11)13-2-1-10/h3-4,13H,1-2H2. The van der Waals surface area contributed by atoms with E-state index in [9.17, 15) is 13.2 Å². The van der Waals surface area contributed by atoms with Crippen LogP contribution in [-0.4, -0.2) is 13.2 Å². The molecule has 1 N–H and O–H groups in total. The molecular weight excluding hydrogens is 247 g/mol. The molecular formula is C8H7BrF3N. The van der Waals surface area contributed by atoms with Crippen LogP contribution in [0.2, 0.25) is 0 Å². The van der Waals surface area contributed by atoms with Crippen LogP contribution in [0.3, 0.4) is 0 Å². The van der Waals surface area contributed by atoms with Gasteiger partial charge in [0.25, 0.3) is 0 Å². The first-order valence-electron chi connectivity index (χ1n) is 3.59. The second-order valence-corrected chi connectivity index (χ2v) is 3.22. The highest BCUT2D eigenvalue weighted by molar-refractivity contribution is 9.10. The molecule has 0 fully saturated rings. The van der Waals surface area contributed by atoms with Gasteiger partial charge in [-0.25, -0.2) is 13.2 Å². The second kappa shape index (κ2) is 4.50. The van der Waals surface area contributed by atoms with Crippen molar-refractivity contribution in [1.82, 2.24) is 0 Å². The van der Waals surface area contributed by atoms with Crippen molar-refractivity contribution in [2.75, 3.05) is 18.5 Å². The van der Waals surface area contributed by atoms with Crippen molar-refractivity contribution < 1.29 is 13.2 Å². The van der Waals surface area contributed by atoms with Gasteiger partial charge in [-0.15, -0.1) is 0 Å². The SMILES string of the molecule is FCCNc1cc(F)c(Br)cc1F. The second-order valence-electron chi connectivity index (χ2n) is 2.36. The molecule has 0 amide bonds. The highest BCUT2D eigenvalue weighted by Gasteiger charge is 2.06. The Morgan fingerprint density at radius 3 is 2.54 bits per heavy atom. The van der Waals surface area contributed by atoms with Crippen LogP contribution >= 0.6 is 15.9 Å². The number of halogens is 4. The zero-order chi connectivity index (χ0) is 9.84. The minimum absolute atomic E-state index is 0.0293. The van der Waals surface area contributed by atoms with E-state index in [-0.39, 0.29) is 16.7 Å². The van der Waals surface area contributed by atoms with Gasteiger partial charge in [-0.3, -0.25) is 0 Å². The van der Waals surface area contributed by atoms with Crippen molar-refractivity contribution in [2.45, 2.75) is 0 Å². The molecule has 5 heteroatoms. The normalized spacial score (nSPS) is 10.2. The zero-order valence-electron chi connectivity index (χ0n) is 6.58. The maximum absolute atomic E-state index is 13.0. The number of anilines is 1. The minimum atomic E-state index is -0.628.